The summed E-state index contributed by atoms with van der Waals surface area (Å²) in [6, 6.07) is 7.33. The summed E-state index contributed by atoms with van der Waals surface area (Å²) < 4.78 is 16.3. The summed E-state index contributed by atoms with van der Waals surface area (Å²) in [5.41, 5.74) is -0.0714. The normalized spacial score (nSPS) is 13.3. The number of unbranched alkanes of at least 4 members (excludes halogenated alkanes) is 2. The number of benzene rings is 1. The molecule has 0 aromatic heterocycles. The van der Waals surface area contributed by atoms with Crippen LogP contribution in [0, 0.1) is 0 Å². The molecule has 1 aromatic carbocycles. The van der Waals surface area contributed by atoms with Crippen LogP contribution in [0.2, 0.25) is 0 Å². The van der Waals surface area contributed by atoms with E-state index < -0.39 is 5.60 Å². The van der Waals surface area contributed by atoms with Crippen molar-refractivity contribution >= 4 is 11.6 Å². The molecule has 0 spiro atoms. The van der Waals surface area contributed by atoms with Gasteiger partial charge in [0, 0.05) is 19.4 Å². The quantitative estimate of drug-likeness (QED) is 0.585. The van der Waals surface area contributed by atoms with Gasteiger partial charge in [0.1, 0.15) is 18.0 Å². The van der Waals surface area contributed by atoms with E-state index in [9.17, 15) is 4.79 Å². The summed E-state index contributed by atoms with van der Waals surface area (Å²) in [5, 5.41) is 2.92. The van der Waals surface area contributed by atoms with Crippen molar-refractivity contribution in [3.05, 3.63) is 24.3 Å². The molecule has 1 aromatic rings. The number of carbonyl (C=O) groups excluding carboxylic acids is 1. The van der Waals surface area contributed by atoms with Crippen LogP contribution in [0.1, 0.15) is 46.5 Å². The molecular formula is C19H31NO4. The molecule has 0 aliphatic heterocycles. The van der Waals surface area contributed by atoms with Gasteiger partial charge < -0.3 is 19.5 Å². The highest BCUT2D eigenvalue weighted by Crippen LogP contribution is 2.22. The molecule has 0 radical (unpaired) electrons. The molecule has 1 rings (SSSR count). The Labute approximate surface area is 145 Å². The zero-order valence-electron chi connectivity index (χ0n) is 15.4. The average molecular weight is 337 g/mol. The highest BCUT2D eigenvalue weighted by Gasteiger charge is 2.32. The molecule has 5 heteroatoms. The van der Waals surface area contributed by atoms with Gasteiger partial charge in [-0.15, -0.1) is 0 Å². The predicted octanol–water partition coefficient (Wildman–Crippen LogP) is 4.03. The van der Waals surface area contributed by atoms with Crippen LogP contribution in [0.4, 0.5) is 5.69 Å². The van der Waals surface area contributed by atoms with Crippen molar-refractivity contribution < 1.29 is 19.0 Å². The summed E-state index contributed by atoms with van der Waals surface area (Å²) >= 11 is 0. The van der Waals surface area contributed by atoms with Crippen molar-refractivity contribution in [3.63, 3.8) is 0 Å². The molecule has 24 heavy (non-hydrogen) atoms. The summed E-state index contributed by atoms with van der Waals surface area (Å²) in [7, 11) is 1.58. The number of anilines is 1. The van der Waals surface area contributed by atoms with Crippen LogP contribution < -0.4 is 10.1 Å². The van der Waals surface area contributed by atoms with Crippen LogP contribution in [-0.2, 0) is 14.3 Å². The lowest BCUT2D eigenvalue weighted by Crippen LogP contribution is -2.41. The minimum Gasteiger partial charge on any atom is -0.491 e. The molecule has 0 heterocycles. The van der Waals surface area contributed by atoms with Gasteiger partial charge in [0.05, 0.1) is 6.61 Å². The van der Waals surface area contributed by atoms with Gasteiger partial charge in [-0.25, -0.2) is 0 Å². The number of hydrogen-bond donors (Lipinski definition) is 1. The fourth-order valence-electron chi connectivity index (χ4n) is 2.28. The Hall–Kier alpha value is -1.59. The van der Waals surface area contributed by atoms with E-state index in [1.807, 2.05) is 38.1 Å². The van der Waals surface area contributed by atoms with E-state index in [1.54, 1.807) is 7.11 Å². The van der Waals surface area contributed by atoms with Gasteiger partial charge >= 0.3 is 0 Å². The highest BCUT2D eigenvalue weighted by molar-refractivity contribution is 5.97. The van der Waals surface area contributed by atoms with Gasteiger partial charge in [0.25, 0.3) is 5.91 Å². The maximum absolute atomic E-state index is 12.5. The number of nitrogens with one attached hydrogen (secondary N) is 1. The Bertz CT molecular complexity index is 475. The largest absolute Gasteiger partial charge is 0.491 e. The van der Waals surface area contributed by atoms with E-state index in [0.29, 0.717) is 26.2 Å². The third-order valence-corrected chi connectivity index (χ3v) is 4.00. The van der Waals surface area contributed by atoms with Crippen LogP contribution in [0.5, 0.6) is 5.75 Å². The number of carbonyl (C=O) groups is 1. The standard InChI is InChI=1S/C19H31NO4/c1-5-7-8-13-19(3,22-4)18(21)20-16-9-11-17(12-10-16)24-15-14-23-6-2/h9-12H,5-8,13-15H2,1-4H3,(H,20,21)/t19-/m1/s1. The molecule has 0 fully saturated rings. The Morgan fingerprint density at radius 2 is 1.83 bits per heavy atom. The molecule has 1 amide bonds. The van der Waals surface area contributed by atoms with Gasteiger partial charge in [0.2, 0.25) is 0 Å². The van der Waals surface area contributed by atoms with Crippen molar-refractivity contribution in [1.82, 2.24) is 0 Å². The molecule has 0 saturated carbocycles. The first-order chi connectivity index (χ1) is 11.6. The first-order valence-corrected chi connectivity index (χ1v) is 8.73. The van der Waals surface area contributed by atoms with Crippen LogP contribution >= 0.6 is 0 Å². The molecule has 0 saturated heterocycles. The monoisotopic (exact) mass is 337 g/mol. The molecule has 0 bridgehead atoms. The molecule has 0 unspecified atom stereocenters. The smallest absolute Gasteiger partial charge is 0.256 e. The zero-order chi connectivity index (χ0) is 17.8. The second-order valence-electron chi connectivity index (χ2n) is 5.92. The zero-order valence-corrected chi connectivity index (χ0v) is 15.4. The van der Waals surface area contributed by atoms with Gasteiger partial charge in [-0.05, 0) is 44.5 Å². The lowest BCUT2D eigenvalue weighted by molar-refractivity contribution is -0.136. The first-order valence-electron chi connectivity index (χ1n) is 8.73. The van der Waals surface area contributed by atoms with Crippen LogP contribution in [-0.4, -0.2) is 38.4 Å². The maximum atomic E-state index is 12.5. The van der Waals surface area contributed by atoms with Gasteiger partial charge in [-0.1, -0.05) is 26.2 Å². The minimum absolute atomic E-state index is 0.119. The minimum atomic E-state index is -0.804. The molecule has 0 aliphatic carbocycles. The second kappa shape index (κ2) is 11.0. The van der Waals surface area contributed by atoms with Gasteiger partial charge in [0.15, 0.2) is 0 Å². The van der Waals surface area contributed by atoms with E-state index in [4.69, 9.17) is 14.2 Å². The molecule has 1 atom stereocenters. The molecule has 5 nitrogen and oxygen atoms in total. The summed E-state index contributed by atoms with van der Waals surface area (Å²) in [5.74, 6) is 0.635. The van der Waals surface area contributed by atoms with Crippen LogP contribution in [0.15, 0.2) is 24.3 Å². The Morgan fingerprint density at radius 1 is 1.12 bits per heavy atom. The van der Waals surface area contributed by atoms with Crippen molar-refractivity contribution in [1.29, 1.82) is 0 Å². The molecule has 136 valence electrons. The number of methoxy groups -OCH3 is 1. The van der Waals surface area contributed by atoms with Crippen LogP contribution in [0.3, 0.4) is 0 Å². The molecule has 1 N–H and O–H groups in total. The third-order valence-electron chi connectivity index (χ3n) is 4.00. The highest BCUT2D eigenvalue weighted by atomic mass is 16.5. The van der Waals surface area contributed by atoms with Crippen molar-refractivity contribution in [2.75, 3.05) is 32.2 Å². The lowest BCUT2D eigenvalue weighted by Gasteiger charge is -2.27. The van der Waals surface area contributed by atoms with E-state index >= 15 is 0 Å². The second-order valence-corrected chi connectivity index (χ2v) is 5.92. The topological polar surface area (TPSA) is 56.8 Å². The first kappa shape index (κ1) is 20.5. The van der Waals surface area contributed by atoms with Crippen molar-refractivity contribution in [3.8, 4) is 5.75 Å². The Balaban J connectivity index is 2.53. The van der Waals surface area contributed by atoms with Gasteiger partial charge in [-0.3, -0.25) is 4.79 Å². The van der Waals surface area contributed by atoms with Crippen LogP contribution in [0.25, 0.3) is 0 Å². The fourth-order valence-corrected chi connectivity index (χ4v) is 2.28. The fraction of sp³-hybridized carbons (Fsp3) is 0.632. The maximum Gasteiger partial charge on any atom is 0.256 e. The number of amides is 1. The lowest BCUT2D eigenvalue weighted by atomic mass is 9.97. The summed E-state index contributed by atoms with van der Waals surface area (Å²) in [6.07, 6.45) is 3.90. The van der Waals surface area contributed by atoms with E-state index in [2.05, 4.69) is 12.2 Å². The Kier molecular flexibility index (Phi) is 9.42. The van der Waals surface area contributed by atoms with E-state index in [1.165, 1.54) is 0 Å². The summed E-state index contributed by atoms with van der Waals surface area (Å²) in [4.78, 5) is 12.5. The van der Waals surface area contributed by atoms with Crippen molar-refractivity contribution in [2.24, 2.45) is 0 Å². The number of rotatable bonds is 12. The predicted molar refractivity (Wildman–Crippen MR) is 96.6 cm³/mol. The summed E-state index contributed by atoms with van der Waals surface area (Å²) in [6.45, 7) is 7.70. The van der Waals surface area contributed by atoms with E-state index in [-0.39, 0.29) is 5.91 Å². The van der Waals surface area contributed by atoms with Crippen molar-refractivity contribution in [2.45, 2.75) is 52.1 Å². The Morgan fingerprint density at radius 3 is 2.42 bits per heavy atom. The number of hydrogen-bond acceptors (Lipinski definition) is 4. The van der Waals surface area contributed by atoms with E-state index in [0.717, 1.165) is 30.7 Å². The number of ether oxygens (including phenoxy) is 3. The molecule has 0 aliphatic rings. The average Bonchev–Trinajstić information content (AvgIpc) is 2.60. The van der Waals surface area contributed by atoms with Gasteiger partial charge in [-0.2, -0.15) is 0 Å². The molecular weight excluding hydrogens is 306 g/mol. The third kappa shape index (κ3) is 6.89. The SMILES string of the molecule is CCCCC[C@@](C)(OC)C(=O)Nc1ccc(OCCOCC)cc1.